The number of halogens is 3. The molecular formula is C14H18F3NO2. The smallest absolute Gasteiger partial charge is 0.416 e. The molecule has 1 unspecified atom stereocenters. The highest BCUT2D eigenvalue weighted by molar-refractivity contribution is 5.78. The maximum atomic E-state index is 12.5. The molecule has 1 atom stereocenters. The number of ether oxygens (including phenoxy) is 1. The van der Waals surface area contributed by atoms with Crippen LogP contribution in [0.4, 0.5) is 13.2 Å². The van der Waals surface area contributed by atoms with E-state index in [1.807, 2.05) is 0 Å². The van der Waals surface area contributed by atoms with Crippen molar-refractivity contribution in [3.8, 4) is 0 Å². The van der Waals surface area contributed by atoms with Crippen LogP contribution in [-0.4, -0.2) is 18.1 Å². The summed E-state index contributed by atoms with van der Waals surface area (Å²) in [7, 11) is 0. The van der Waals surface area contributed by atoms with E-state index in [4.69, 9.17) is 10.5 Å². The van der Waals surface area contributed by atoms with Crippen molar-refractivity contribution in [2.24, 2.45) is 5.73 Å². The van der Waals surface area contributed by atoms with E-state index in [0.29, 0.717) is 5.56 Å². The summed E-state index contributed by atoms with van der Waals surface area (Å²) in [6, 6.07) is 4.37. The first-order valence-corrected chi connectivity index (χ1v) is 6.14. The van der Waals surface area contributed by atoms with Crippen LogP contribution in [0.1, 0.15) is 37.8 Å². The molecule has 0 heterocycles. The van der Waals surface area contributed by atoms with Gasteiger partial charge in [0.1, 0.15) is 5.60 Å². The van der Waals surface area contributed by atoms with Crippen LogP contribution in [0.15, 0.2) is 24.3 Å². The quantitative estimate of drug-likeness (QED) is 0.870. The number of hydrogen-bond donors (Lipinski definition) is 1. The van der Waals surface area contributed by atoms with Crippen LogP contribution in [0.25, 0.3) is 0 Å². The first kappa shape index (κ1) is 16.5. The van der Waals surface area contributed by atoms with Crippen LogP contribution in [0.3, 0.4) is 0 Å². The molecule has 0 spiro atoms. The van der Waals surface area contributed by atoms with Gasteiger partial charge in [0.25, 0.3) is 0 Å². The average Bonchev–Trinajstić information content (AvgIpc) is 2.27. The molecule has 0 radical (unpaired) electrons. The molecule has 0 aliphatic carbocycles. The van der Waals surface area contributed by atoms with Gasteiger partial charge in [-0.2, -0.15) is 13.2 Å². The molecule has 2 N–H and O–H groups in total. The molecule has 0 fully saturated rings. The average molecular weight is 289 g/mol. The molecule has 112 valence electrons. The molecule has 0 aromatic heterocycles. The molecule has 0 amide bonds. The lowest BCUT2D eigenvalue weighted by Gasteiger charge is -2.23. The molecule has 0 aliphatic rings. The van der Waals surface area contributed by atoms with Crippen LogP contribution in [0.5, 0.6) is 0 Å². The first-order chi connectivity index (χ1) is 9.04. The number of hydrogen-bond acceptors (Lipinski definition) is 3. The third kappa shape index (κ3) is 4.52. The van der Waals surface area contributed by atoms with E-state index >= 15 is 0 Å². The number of rotatable bonds is 3. The van der Waals surface area contributed by atoms with Gasteiger partial charge in [-0.25, -0.2) is 0 Å². The molecule has 1 rings (SSSR count). The zero-order valence-corrected chi connectivity index (χ0v) is 11.6. The first-order valence-electron chi connectivity index (χ1n) is 6.14. The lowest BCUT2D eigenvalue weighted by molar-refractivity contribution is -0.156. The van der Waals surface area contributed by atoms with Gasteiger partial charge in [0.15, 0.2) is 0 Å². The summed E-state index contributed by atoms with van der Waals surface area (Å²) in [6.07, 6.45) is -4.40. The minimum atomic E-state index is -4.40. The van der Waals surface area contributed by atoms with Gasteiger partial charge in [-0.05, 0) is 38.5 Å². The second-order valence-corrected chi connectivity index (χ2v) is 5.44. The van der Waals surface area contributed by atoms with Gasteiger partial charge in [0.2, 0.25) is 0 Å². The maximum Gasteiger partial charge on any atom is 0.416 e. The normalized spacial score (nSPS) is 13.9. The van der Waals surface area contributed by atoms with Gasteiger partial charge in [-0.3, -0.25) is 4.79 Å². The number of nitrogens with two attached hydrogens (primary N) is 1. The maximum absolute atomic E-state index is 12.5. The van der Waals surface area contributed by atoms with E-state index in [0.717, 1.165) is 12.1 Å². The van der Waals surface area contributed by atoms with Crippen LogP contribution < -0.4 is 5.73 Å². The Kier molecular flexibility index (Phi) is 4.81. The lowest BCUT2D eigenvalue weighted by Crippen LogP contribution is -2.31. The molecule has 0 bridgehead atoms. The Hall–Kier alpha value is -1.56. The van der Waals surface area contributed by atoms with Crippen molar-refractivity contribution in [1.82, 2.24) is 0 Å². The van der Waals surface area contributed by atoms with Crippen molar-refractivity contribution in [2.75, 3.05) is 6.54 Å². The van der Waals surface area contributed by atoms with Crippen molar-refractivity contribution in [3.63, 3.8) is 0 Å². The molecule has 20 heavy (non-hydrogen) atoms. The number of benzene rings is 1. The van der Waals surface area contributed by atoms with Crippen LogP contribution >= 0.6 is 0 Å². The van der Waals surface area contributed by atoms with Gasteiger partial charge in [0.05, 0.1) is 11.5 Å². The highest BCUT2D eigenvalue weighted by atomic mass is 19.4. The third-order valence-corrected chi connectivity index (χ3v) is 2.57. The zero-order chi connectivity index (χ0) is 15.6. The van der Waals surface area contributed by atoms with Gasteiger partial charge in [-0.1, -0.05) is 12.1 Å². The van der Waals surface area contributed by atoms with E-state index < -0.39 is 29.2 Å². The van der Waals surface area contributed by atoms with Crippen molar-refractivity contribution in [3.05, 3.63) is 35.4 Å². The Morgan fingerprint density at radius 1 is 1.20 bits per heavy atom. The topological polar surface area (TPSA) is 52.3 Å². The minimum Gasteiger partial charge on any atom is -0.459 e. The SMILES string of the molecule is CC(C)(C)OC(=O)C(CN)c1ccc(C(F)(F)F)cc1. The molecule has 0 aliphatic heterocycles. The fourth-order valence-corrected chi connectivity index (χ4v) is 1.65. The fourth-order valence-electron chi connectivity index (χ4n) is 1.65. The van der Waals surface area contributed by atoms with E-state index in [-0.39, 0.29) is 6.54 Å². The molecule has 0 saturated heterocycles. The van der Waals surface area contributed by atoms with Crippen molar-refractivity contribution >= 4 is 5.97 Å². The minimum absolute atomic E-state index is 0.0275. The summed E-state index contributed by atoms with van der Waals surface area (Å²) in [6.45, 7) is 5.11. The van der Waals surface area contributed by atoms with Crippen LogP contribution in [-0.2, 0) is 15.7 Å². The van der Waals surface area contributed by atoms with Crippen LogP contribution in [0.2, 0.25) is 0 Å². The molecule has 0 saturated carbocycles. The fraction of sp³-hybridized carbons (Fsp3) is 0.500. The third-order valence-electron chi connectivity index (χ3n) is 2.57. The van der Waals surface area contributed by atoms with Crippen molar-refractivity contribution in [1.29, 1.82) is 0 Å². The number of carbonyl (C=O) groups is 1. The van der Waals surface area contributed by atoms with Gasteiger partial charge in [-0.15, -0.1) is 0 Å². The summed E-state index contributed by atoms with van der Waals surface area (Å²) in [5.74, 6) is -1.31. The van der Waals surface area contributed by atoms with E-state index in [1.54, 1.807) is 20.8 Å². The highest BCUT2D eigenvalue weighted by Crippen LogP contribution is 2.30. The summed E-state index contributed by atoms with van der Waals surface area (Å²) in [4.78, 5) is 11.9. The van der Waals surface area contributed by atoms with Gasteiger partial charge in [0, 0.05) is 6.54 Å². The number of esters is 1. The highest BCUT2D eigenvalue weighted by Gasteiger charge is 2.31. The van der Waals surface area contributed by atoms with Gasteiger partial charge >= 0.3 is 12.1 Å². The molecule has 1 aromatic carbocycles. The van der Waals surface area contributed by atoms with Crippen molar-refractivity contribution in [2.45, 2.75) is 38.5 Å². The number of carbonyl (C=O) groups excluding carboxylic acids is 1. The van der Waals surface area contributed by atoms with Crippen molar-refractivity contribution < 1.29 is 22.7 Å². The zero-order valence-electron chi connectivity index (χ0n) is 11.6. The summed E-state index contributed by atoms with van der Waals surface area (Å²) >= 11 is 0. The molecular weight excluding hydrogens is 271 g/mol. The Bertz CT molecular complexity index is 461. The van der Waals surface area contributed by atoms with E-state index in [1.165, 1.54) is 12.1 Å². The predicted molar refractivity (Wildman–Crippen MR) is 69.1 cm³/mol. The summed E-state index contributed by atoms with van der Waals surface area (Å²) in [5.41, 5.74) is 4.50. The monoisotopic (exact) mass is 289 g/mol. The summed E-state index contributed by atoms with van der Waals surface area (Å²) in [5, 5.41) is 0. The standard InChI is InChI=1S/C14H18F3NO2/c1-13(2,3)20-12(19)11(8-18)9-4-6-10(7-5-9)14(15,16)17/h4-7,11H,8,18H2,1-3H3. The lowest BCUT2D eigenvalue weighted by atomic mass is 9.97. The Labute approximate surface area is 115 Å². The Morgan fingerprint density at radius 3 is 2.05 bits per heavy atom. The van der Waals surface area contributed by atoms with Crippen LogP contribution in [0, 0.1) is 0 Å². The van der Waals surface area contributed by atoms with E-state index in [2.05, 4.69) is 0 Å². The number of alkyl halides is 3. The molecule has 3 nitrogen and oxygen atoms in total. The Morgan fingerprint density at radius 2 is 1.70 bits per heavy atom. The second-order valence-electron chi connectivity index (χ2n) is 5.44. The molecule has 1 aromatic rings. The largest absolute Gasteiger partial charge is 0.459 e. The second kappa shape index (κ2) is 5.83. The predicted octanol–water partition coefficient (Wildman–Crippen LogP) is 3.09. The van der Waals surface area contributed by atoms with E-state index in [9.17, 15) is 18.0 Å². The summed E-state index contributed by atoms with van der Waals surface area (Å²) < 4.78 is 42.6. The Balaban J connectivity index is 2.94. The van der Waals surface area contributed by atoms with Gasteiger partial charge < -0.3 is 10.5 Å². The molecule has 6 heteroatoms.